The Kier molecular flexibility index (Phi) is 4.46. The molecule has 2 N–H and O–H groups in total. The fraction of sp³-hybridized carbons (Fsp3) is 0.529. The van der Waals surface area contributed by atoms with Gasteiger partial charge >= 0.3 is 0 Å². The number of ether oxygens (including phenoxy) is 1. The highest BCUT2D eigenvalue weighted by Crippen LogP contribution is 2.54. The number of carbonyl (C=O) groups excluding carboxylic acids is 2. The van der Waals surface area contributed by atoms with Crippen LogP contribution in [0.5, 0.6) is 0 Å². The lowest BCUT2D eigenvalue weighted by Gasteiger charge is -2.40. The third-order valence-electron chi connectivity index (χ3n) is 5.15. The summed E-state index contributed by atoms with van der Waals surface area (Å²) in [5, 5.41) is 0. The van der Waals surface area contributed by atoms with Crippen molar-refractivity contribution in [2.75, 3.05) is 18.6 Å². The van der Waals surface area contributed by atoms with Crippen molar-refractivity contribution in [1.82, 2.24) is 0 Å². The van der Waals surface area contributed by atoms with E-state index in [1.807, 2.05) is 0 Å². The average Bonchev–Trinajstić information content (AvgIpc) is 2.79. The van der Waals surface area contributed by atoms with Crippen LogP contribution in [0, 0.1) is 17.6 Å². The number of methoxy groups -OCH3 is 1. The summed E-state index contributed by atoms with van der Waals surface area (Å²) >= 11 is 0. The lowest BCUT2D eigenvalue weighted by atomic mass is 9.72. The molecule has 3 rings (SSSR count). The number of nitrogens with two attached hydrogens (primary N) is 1. The molecule has 26 heavy (non-hydrogen) atoms. The Bertz CT molecular complexity index is 771. The van der Waals surface area contributed by atoms with Gasteiger partial charge in [-0.1, -0.05) is 0 Å². The van der Waals surface area contributed by atoms with E-state index in [-0.39, 0.29) is 24.9 Å². The minimum absolute atomic E-state index is 0.0940. The molecule has 1 aliphatic carbocycles. The van der Waals surface area contributed by atoms with Crippen LogP contribution in [-0.2, 0) is 19.9 Å². The predicted molar refractivity (Wildman–Crippen MR) is 83.5 cm³/mol. The zero-order valence-electron chi connectivity index (χ0n) is 14.0. The highest BCUT2D eigenvalue weighted by atomic mass is 19.3. The van der Waals surface area contributed by atoms with Crippen molar-refractivity contribution in [3.8, 4) is 0 Å². The minimum Gasteiger partial charge on any atom is -0.368 e. The number of alkyl halides is 2. The predicted octanol–water partition coefficient (Wildman–Crippen LogP) is 2.46. The number of halogens is 4. The maximum absolute atomic E-state index is 14.7. The third kappa shape index (κ3) is 2.65. The van der Waals surface area contributed by atoms with Gasteiger partial charge in [0.1, 0.15) is 6.54 Å². The first-order chi connectivity index (χ1) is 12.1. The first-order valence-corrected chi connectivity index (χ1v) is 8.16. The molecule has 9 heteroatoms. The second-order valence-corrected chi connectivity index (χ2v) is 6.70. The zero-order chi connectivity index (χ0) is 19.3. The van der Waals surface area contributed by atoms with E-state index in [1.165, 1.54) is 0 Å². The first kappa shape index (κ1) is 18.6. The molecule has 2 aliphatic rings. The molecule has 2 amide bonds. The topological polar surface area (TPSA) is 72.6 Å². The molecule has 0 bridgehead atoms. The second-order valence-electron chi connectivity index (χ2n) is 6.70. The molecule has 0 radical (unpaired) electrons. The Hall–Kier alpha value is -2.16. The van der Waals surface area contributed by atoms with Gasteiger partial charge in [-0.05, 0) is 25.0 Å². The summed E-state index contributed by atoms with van der Waals surface area (Å²) < 4.78 is 61.9. The van der Waals surface area contributed by atoms with Crippen LogP contribution < -0.4 is 10.6 Å². The monoisotopic (exact) mass is 374 g/mol. The smallest absolute Gasteiger partial charge is 0.264 e. The molecular formula is C17H18F4N2O3. The average molecular weight is 374 g/mol. The van der Waals surface area contributed by atoms with Gasteiger partial charge in [0, 0.05) is 25.9 Å². The van der Waals surface area contributed by atoms with E-state index in [1.54, 1.807) is 0 Å². The number of anilines is 1. The molecule has 1 aliphatic heterocycles. The molecule has 0 aromatic heterocycles. The number of hydrogen-bond acceptors (Lipinski definition) is 3. The number of nitrogens with zero attached hydrogens (tertiary/aromatic N) is 1. The molecule has 5 nitrogen and oxygen atoms in total. The molecule has 0 spiro atoms. The van der Waals surface area contributed by atoms with E-state index < -0.39 is 59.4 Å². The van der Waals surface area contributed by atoms with Crippen molar-refractivity contribution >= 4 is 17.5 Å². The molecule has 142 valence electrons. The summed E-state index contributed by atoms with van der Waals surface area (Å²) in [6.07, 6.45) is -0.763. The van der Waals surface area contributed by atoms with Gasteiger partial charge in [-0.15, -0.1) is 0 Å². The Balaban J connectivity index is 2.21. The molecule has 1 saturated carbocycles. The van der Waals surface area contributed by atoms with Gasteiger partial charge in [-0.3, -0.25) is 14.5 Å². The van der Waals surface area contributed by atoms with Crippen molar-refractivity contribution in [3.63, 3.8) is 0 Å². The fourth-order valence-corrected chi connectivity index (χ4v) is 4.10. The van der Waals surface area contributed by atoms with Crippen LogP contribution >= 0.6 is 0 Å². The van der Waals surface area contributed by atoms with Crippen LogP contribution in [0.15, 0.2) is 12.1 Å². The molecule has 1 aromatic rings. The van der Waals surface area contributed by atoms with E-state index in [0.717, 1.165) is 24.1 Å². The van der Waals surface area contributed by atoms with Crippen LogP contribution in [-0.4, -0.2) is 31.4 Å². The number of rotatable bonds is 4. The first-order valence-electron chi connectivity index (χ1n) is 8.16. The van der Waals surface area contributed by atoms with Gasteiger partial charge in [-0.25, -0.2) is 17.6 Å². The van der Waals surface area contributed by atoms with Gasteiger partial charge < -0.3 is 10.5 Å². The maximum atomic E-state index is 14.7. The highest BCUT2D eigenvalue weighted by molar-refractivity contribution is 6.10. The lowest BCUT2D eigenvalue weighted by molar-refractivity contribution is -0.160. The quantitative estimate of drug-likeness (QED) is 0.823. The van der Waals surface area contributed by atoms with E-state index in [2.05, 4.69) is 0 Å². The van der Waals surface area contributed by atoms with Crippen molar-refractivity contribution in [3.05, 3.63) is 29.3 Å². The Morgan fingerprint density at radius 3 is 2.65 bits per heavy atom. The minimum atomic E-state index is -3.05. The van der Waals surface area contributed by atoms with Gasteiger partial charge in [-0.2, -0.15) is 0 Å². The Morgan fingerprint density at radius 1 is 1.38 bits per heavy atom. The largest absolute Gasteiger partial charge is 0.368 e. The summed E-state index contributed by atoms with van der Waals surface area (Å²) in [6.45, 7) is -0.592. The number of primary amides is 1. The second kappa shape index (κ2) is 6.22. The van der Waals surface area contributed by atoms with Crippen molar-refractivity contribution < 1.29 is 31.9 Å². The Labute approximate surface area is 147 Å². The van der Waals surface area contributed by atoms with Gasteiger partial charge in [0.05, 0.1) is 11.3 Å². The highest BCUT2D eigenvalue weighted by Gasteiger charge is 2.60. The number of benzene rings is 1. The number of carbonyl (C=O) groups is 2. The standard InChI is InChI=1S/C17H18F4N2O3/c1-26-17(9-3-2-6-16(20,21)7-9)13-11(5-4-10(18)14(13)19)23(15(17)25)8-12(22)24/h4-5,9H,2-3,6-8H2,1H3,(H2,22,24)/t9-,17-/m1/s1. The van der Waals surface area contributed by atoms with Crippen LogP contribution in [0.4, 0.5) is 23.2 Å². The van der Waals surface area contributed by atoms with Crippen molar-refractivity contribution in [1.29, 1.82) is 0 Å². The zero-order valence-corrected chi connectivity index (χ0v) is 14.0. The summed E-state index contributed by atoms with van der Waals surface area (Å²) in [7, 11) is 1.09. The normalized spacial score (nSPS) is 27.5. The van der Waals surface area contributed by atoms with Crippen LogP contribution in [0.25, 0.3) is 0 Å². The summed E-state index contributed by atoms with van der Waals surface area (Å²) in [5.74, 6) is -8.47. The van der Waals surface area contributed by atoms with Crippen molar-refractivity contribution in [2.45, 2.75) is 37.2 Å². The number of amides is 2. The van der Waals surface area contributed by atoms with E-state index in [4.69, 9.17) is 10.5 Å². The molecular weight excluding hydrogens is 356 g/mol. The Morgan fingerprint density at radius 2 is 2.08 bits per heavy atom. The van der Waals surface area contributed by atoms with Crippen molar-refractivity contribution in [2.24, 2.45) is 11.7 Å². The summed E-state index contributed by atoms with van der Waals surface area (Å²) in [5.41, 5.74) is 2.48. The van der Waals surface area contributed by atoms with E-state index >= 15 is 0 Å². The summed E-state index contributed by atoms with van der Waals surface area (Å²) in [6, 6.07) is 1.92. The van der Waals surface area contributed by atoms with Crippen LogP contribution in [0.1, 0.15) is 31.2 Å². The molecule has 1 fully saturated rings. The van der Waals surface area contributed by atoms with Crippen LogP contribution in [0.2, 0.25) is 0 Å². The molecule has 2 atom stereocenters. The fourth-order valence-electron chi connectivity index (χ4n) is 4.10. The SMILES string of the molecule is CO[C@@]1([C@@H]2CCCC(F)(F)C2)C(=O)N(CC(N)=O)c2ccc(F)c(F)c21. The van der Waals surface area contributed by atoms with E-state index in [9.17, 15) is 27.2 Å². The molecule has 1 heterocycles. The molecule has 0 unspecified atom stereocenters. The third-order valence-corrected chi connectivity index (χ3v) is 5.15. The number of hydrogen-bond donors (Lipinski definition) is 1. The maximum Gasteiger partial charge on any atom is 0.264 e. The molecule has 1 aromatic carbocycles. The van der Waals surface area contributed by atoms with E-state index in [0.29, 0.717) is 0 Å². The lowest BCUT2D eigenvalue weighted by Crippen LogP contribution is -2.51. The molecule has 0 saturated heterocycles. The van der Waals surface area contributed by atoms with Crippen LogP contribution in [0.3, 0.4) is 0 Å². The van der Waals surface area contributed by atoms with Gasteiger partial charge in [0.2, 0.25) is 11.8 Å². The number of fused-ring (bicyclic) bond motifs is 1. The van der Waals surface area contributed by atoms with Gasteiger partial charge in [0.25, 0.3) is 5.91 Å². The summed E-state index contributed by atoms with van der Waals surface area (Å²) in [4.78, 5) is 25.3. The van der Waals surface area contributed by atoms with Gasteiger partial charge in [0.15, 0.2) is 17.2 Å².